The largest absolute Gasteiger partial charge is 0.300 e. The highest BCUT2D eigenvalue weighted by Gasteiger charge is 2.24. The molecule has 0 amide bonds. The van der Waals surface area contributed by atoms with Crippen LogP contribution in [0.5, 0.6) is 0 Å². The molecule has 1 aliphatic heterocycles. The minimum atomic E-state index is 0.751. The number of rotatable bonds is 1. The van der Waals surface area contributed by atoms with Crippen molar-refractivity contribution < 1.29 is 0 Å². The van der Waals surface area contributed by atoms with Gasteiger partial charge in [-0.05, 0) is 57.5 Å². The maximum Gasteiger partial charge on any atom is 0.00954 e. The molecular formula is C12H22N. The fourth-order valence-corrected chi connectivity index (χ4v) is 2.79. The van der Waals surface area contributed by atoms with E-state index in [2.05, 4.69) is 11.8 Å². The molecule has 2 fully saturated rings. The van der Waals surface area contributed by atoms with Crippen LogP contribution in [-0.2, 0) is 0 Å². The molecule has 0 aromatic carbocycles. The molecule has 0 spiro atoms. The van der Waals surface area contributed by atoms with Crippen LogP contribution in [0.1, 0.15) is 44.9 Å². The second-order valence-electron chi connectivity index (χ2n) is 4.77. The first-order chi connectivity index (χ1) is 6.36. The zero-order chi connectivity index (χ0) is 9.10. The molecule has 13 heavy (non-hydrogen) atoms. The number of hydrogen-bond donors (Lipinski definition) is 0. The standard InChI is InChI=1S/C12H22N/c1-11-5-7-12(8-6-11)13-9-3-2-4-10-13/h11-12H,1-10H2. The van der Waals surface area contributed by atoms with Gasteiger partial charge in [-0.1, -0.05) is 13.3 Å². The van der Waals surface area contributed by atoms with Gasteiger partial charge in [0.25, 0.3) is 0 Å². The second kappa shape index (κ2) is 4.45. The first-order valence-corrected chi connectivity index (χ1v) is 5.93. The lowest BCUT2D eigenvalue weighted by Gasteiger charge is -2.38. The molecule has 1 nitrogen and oxygen atoms in total. The van der Waals surface area contributed by atoms with Crippen LogP contribution in [0.3, 0.4) is 0 Å². The Morgan fingerprint density at radius 2 is 1.46 bits per heavy atom. The summed E-state index contributed by atoms with van der Waals surface area (Å²) in [7, 11) is 0. The average molecular weight is 180 g/mol. The van der Waals surface area contributed by atoms with E-state index in [1.54, 1.807) is 0 Å². The smallest absolute Gasteiger partial charge is 0.00954 e. The maximum atomic E-state index is 4.16. The third kappa shape index (κ3) is 2.46. The topological polar surface area (TPSA) is 3.24 Å². The van der Waals surface area contributed by atoms with Gasteiger partial charge in [0.1, 0.15) is 0 Å². The van der Waals surface area contributed by atoms with Crippen LogP contribution in [0.2, 0.25) is 0 Å². The van der Waals surface area contributed by atoms with E-state index < -0.39 is 0 Å². The summed E-state index contributed by atoms with van der Waals surface area (Å²) >= 11 is 0. The minimum Gasteiger partial charge on any atom is -0.300 e. The van der Waals surface area contributed by atoms with Crippen LogP contribution in [-0.4, -0.2) is 24.0 Å². The highest BCUT2D eigenvalue weighted by Crippen LogP contribution is 2.28. The SMILES string of the molecule is [CH2]C1CCC(N2CCCCC2)CC1. The third-order valence-corrected chi connectivity index (χ3v) is 3.72. The van der Waals surface area contributed by atoms with E-state index in [4.69, 9.17) is 0 Å². The monoisotopic (exact) mass is 180 g/mol. The minimum absolute atomic E-state index is 0.751. The van der Waals surface area contributed by atoms with Crippen LogP contribution in [0.25, 0.3) is 0 Å². The molecule has 0 aromatic heterocycles. The van der Waals surface area contributed by atoms with Gasteiger partial charge >= 0.3 is 0 Å². The summed E-state index contributed by atoms with van der Waals surface area (Å²) < 4.78 is 0. The summed E-state index contributed by atoms with van der Waals surface area (Å²) in [5, 5.41) is 0. The molecule has 0 unspecified atom stereocenters. The predicted molar refractivity (Wildman–Crippen MR) is 56.5 cm³/mol. The molecule has 2 aliphatic rings. The van der Waals surface area contributed by atoms with E-state index in [-0.39, 0.29) is 0 Å². The van der Waals surface area contributed by atoms with Crippen molar-refractivity contribution in [3.63, 3.8) is 0 Å². The van der Waals surface area contributed by atoms with Crippen molar-refractivity contribution in [2.24, 2.45) is 5.92 Å². The summed E-state index contributed by atoms with van der Waals surface area (Å²) in [4.78, 5) is 2.73. The first kappa shape index (κ1) is 9.51. The van der Waals surface area contributed by atoms with Gasteiger partial charge in [-0.15, -0.1) is 0 Å². The van der Waals surface area contributed by atoms with Crippen LogP contribution in [0.15, 0.2) is 0 Å². The number of likely N-dealkylation sites (tertiary alicyclic amines) is 1. The van der Waals surface area contributed by atoms with Crippen molar-refractivity contribution in [2.75, 3.05) is 13.1 Å². The van der Waals surface area contributed by atoms with Crippen molar-refractivity contribution in [3.8, 4) is 0 Å². The lowest BCUT2D eigenvalue weighted by Crippen LogP contribution is -2.41. The molecule has 0 atom stereocenters. The normalized spacial score (nSPS) is 37.6. The number of hydrogen-bond acceptors (Lipinski definition) is 1. The van der Waals surface area contributed by atoms with Crippen molar-refractivity contribution in [2.45, 2.75) is 51.0 Å². The number of nitrogens with zero attached hydrogens (tertiary/aromatic N) is 1. The summed E-state index contributed by atoms with van der Waals surface area (Å²) in [5.41, 5.74) is 0. The van der Waals surface area contributed by atoms with E-state index in [0.717, 1.165) is 12.0 Å². The predicted octanol–water partition coefficient (Wildman–Crippen LogP) is 2.87. The Hall–Kier alpha value is -0.0400. The lowest BCUT2D eigenvalue weighted by atomic mass is 9.86. The summed E-state index contributed by atoms with van der Waals surface area (Å²) in [5.74, 6) is 0.751. The molecule has 0 N–H and O–H groups in total. The van der Waals surface area contributed by atoms with Crippen molar-refractivity contribution >= 4 is 0 Å². The summed E-state index contributed by atoms with van der Waals surface area (Å²) in [6.07, 6.45) is 9.88. The van der Waals surface area contributed by atoms with Crippen molar-refractivity contribution in [3.05, 3.63) is 6.92 Å². The van der Waals surface area contributed by atoms with Crippen molar-refractivity contribution in [1.29, 1.82) is 0 Å². The van der Waals surface area contributed by atoms with E-state index in [0.29, 0.717) is 0 Å². The third-order valence-electron chi connectivity index (χ3n) is 3.72. The van der Waals surface area contributed by atoms with Gasteiger partial charge in [0.05, 0.1) is 0 Å². The Morgan fingerprint density at radius 1 is 0.846 bits per heavy atom. The summed E-state index contributed by atoms with van der Waals surface area (Å²) in [6, 6.07) is 0.915. The number of piperidine rings is 1. The average Bonchev–Trinajstić information content (AvgIpc) is 2.20. The molecular weight excluding hydrogens is 158 g/mol. The fraction of sp³-hybridized carbons (Fsp3) is 0.917. The van der Waals surface area contributed by atoms with Crippen LogP contribution >= 0.6 is 0 Å². The van der Waals surface area contributed by atoms with Gasteiger partial charge in [-0.3, -0.25) is 0 Å². The molecule has 2 rings (SSSR count). The van der Waals surface area contributed by atoms with E-state index >= 15 is 0 Å². The molecule has 1 radical (unpaired) electrons. The quantitative estimate of drug-likeness (QED) is 0.600. The fourth-order valence-electron chi connectivity index (χ4n) is 2.79. The van der Waals surface area contributed by atoms with E-state index in [1.165, 1.54) is 58.0 Å². The second-order valence-corrected chi connectivity index (χ2v) is 4.77. The molecule has 1 aliphatic carbocycles. The molecule has 1 heteroatoms. The van der Waals surface area contributed by atoms with Gasteiger partial charge in [0, 0.05) is 6.04 Å². The first-order valence-electron chi connectivity index (χ1n) is 5.93. The lowest BCUT2D eigenvalue weighted by molar-refractivity contribution is 0.121. The van der Waals surface area contributed by atoms with Gasteiger partial charge in [-0.2, -0.15) is 0 Å². The molecule has 1 heterocycles. The van der Waals surface area contributed by atoms with Gasteiger partial charge < -0.3 is 4.90 Å². The van der Waals surface area contributed by atoms with Crippen molar-refractivity contribution in [1.82, 2.24) is 4.90 Å². The zero-order valence-electron chi connectivity index (χ0n) is 8.67. The zero-order valence-corrected chi connectivity index (χ0v) is 8.67. The Morgan fingerprint density at radius 3 is 2.08 bits per heavy atom. The van der Waals surface area contributed by atoms with E-state index in [9.17, 15) is 0 Å². The molecule has 0 bridgehead atoms. The molecule has 1 saturated heterocycles. The van der Waals surface area contributed by atoms with E-state index in [1.807, 2.05) is 0 Å². The highest BCUT2D eigenvalue weighted by molar-refractivity contribution is 4.81. The van der Waals surface area contributed by atoms with Gasteiger partial charge in [0.15, 0.2) is 0 Å². The maximum absolute atomic E-state index is 4.16. The molecule has 1 saturated carbocycles. The van der Waals surface area contributed by atoms with Gasteiger partial charge in [0.2, 0.25) is 0 Å². The Balaban J connectivity index is 1.79. The Kier molecular flexibility index (Phi) is 3.26. The van der Waals surface area contributed by atoms with Crippen LogP contribution in [0, 0.1) is 12.8 Å². The molecule has 0 aromatic rings. The van der Waals surface area contributed by atoms with Gasteiger partial charge in [-0.25, -0.2) is 0 Å². The highest BCUT2D eigenvalue weighted by atomic mass is 15.2. The summed E-state index contributed by atoms with van der Waals surface area (Å²) in [6.45, 7) is 6.89. The molecule has 75 valence electrons. The van der Waals surface area contributed by atoms with Crippen LogP contribution < -0.4 is 0 Å². The Labute approximate surface area is 82.5 Å². The Bertz CT molecular complexity index is 141. The van der Waals surface area contributed by atoms with Crippen LogP contribution in [0.4, 0.5) is 0 Å².